The maximum Gasteiger partial charge on any atom is 0.239 e. The number of halogens is 2. The molecule has 0 radical (unpaired) electrons. The Balaban J connectivity index is 2.88. The number of hydrogen-bond donors (Lipinski definition) is 2. The molecule has 0 saturated carbocycles. The Bertz CT molecular complexity index is 423. The van der Waals surface area contributed by atoms with Gasteiger partial charge in [-0.05, 0) is 18.2 Å². The van der Waals surface area contributed by atoms with Crippen LogP contribution in [0.4, 0.5) is 15.8 Å². The number of nitrogens with one attached hydrogen (secondary N) is 2. The van der Waals surface area contributed by atoms with Gasteiger partial charge in [0.2, 0.25) is 11.8 Å². The van der Waals surface area contributed by atoms with Crippen LogP contribution in [0.2, 0.25) is 0 Å². The molecule has 0 fully saturated rings. The average molecular weight is 245 g/mol. The number of benzene rings is 1. The molecule has 0 aliphatic rings. The van der Waals surface area contributed by atoms with Crippen LogP contribution in [-0.2, 0) is 9.59 Å². The van der Waals surface area contributed by atoms with E-state index in [2.05, 4.69) is 10.6 Å². The number of alkyl halides is 1. The van der Waals surface area contributed by atoms with Gasteiger partial charge in [0, 0.05) is 12.6 Å². The number of anilines is 2. The molecule has 1 aromatic rings. The standard InChI is InChI=1S/C10H10ClFN2O2/c1-6(15)13-9-4-7(2-3-8(9)12)14-10(16)5-11/h2-4H,5H2,1H3,(H,13,15)(H,14,16). The fourth-order valence-corrected chi connectivity index (χ4v) is 1.15. The Labute approximate surface area is 96.8 Å². The van der Waals surface area contributed by atoms with Crippen LogP contribution >= 0.6 is 11.6 Å². The Morgan fingerprint density at radius 3 is 2.62 bits per heavy atom. The lowest BCUT2D eigenvalue weighted by molar-refractivity contribution is -0.114. The van der Waals surface area contributed by atoms with Crippen molar-refractivity contribution in [3.05, 3.63) is 24.0 Å². The van der Waals surface area contributed by atoms with E-state index in [-0.39, 0.29) is 17.5 Å². The fraction of sp³-hybridized carbons (Fsp3) is 0.200. The van der Waals surface area contributed by atoms with Crippen LogP contribution in [0.5, 0.6) is 0 Å². The van der Waals surface area contributed by atoms with Crippen LogP contribution < -0.4 is 10.6 Å². The first-order valence-corrected chi connectivity index (χ1v) is 4.99. The molecule has 2 amide bonds. The minimum Gasteiger partial charge on any atom is -0.325 e. The normalized spacial score (nSPS) is 9.69. The van der Waals surface area contributed by atoms with Crippen LogP contribution in [0.1, 0.15) is 6.92 Å². The summed E-state index contributed by atoms with van der Waals surface area (Å²) >= 11 is 5.30. The minimum atomic E-state index is -0.570. The Hall–Kier alpha value is -1.62. The molecule has 0 aliphatic heterocycles. The zero-order valence-electron chi connectivity index (χ0n) is 8.51. The van der Waals surface area contributed by atoms with Crippen molar-refractivity contribution in [1.82, 2.24) is 0 Å². The number of carbonyl (C=O) groups excluding carboxylic acids is 2. The van der Waals surface area contributed by atoms with E-state index in [0.29, 0.717) is 5.69 Å². The van der Waals surface area contributed by atoms with Crippen LogP contribution in [0.25, 0.3) is 0 Å². The quantitative estimate of drug-likeness (QED) is 0.799. The zero-order valence-corrected chi connectivity index (χ0v) is 9.27. The molecule has 86 valence electrons. The number of rotatable bonds is 3. The summed E-state index contributed by atoms with van der Waals surface area (Å²) in [7, 11) is 0. The second kappa shape index (κ2) is 5.46. The average Bonchev–Trinajstić information content (AvgIpc) is 2.22. The molecule has 0 saturated heterocycles. The Kier molecular flexibility index (Phi) is 4.25. The molecule has 0 spiro atoms. The SMILES string of the molecule is CC(=O)Nc1cc(NC(=O)CCl)ccc1F. The van der Waals surface area contributed by atoms with Gasteiger partial charge in [0.15, 0.2) is 0 Å². The predicted octanol–water partition coefficient (Wildman–Crippen LogP) is 1.96. The van der Waals surface area contributed by atoms with Gasteiger partial charge in [-0.1, -0.05) is 0 Å². The summed E-state index contributed by atoms with van der Waals surface area (Å²) in [5.74, 6) is -1.55. The van der Waals surface area contributed by atoms with Crippen molar-refractivity contribution in [2.75, 3.05) is 16.5 Å². The van der Waals surface area contributed by atoms with Gasteiger partial charge >= 0.3 is 0 Å². The van der Waals surface area contributed by atoms with Gasteiger partial charge in [0.25, 0.3) is 0 Å². The van der Waals surface area contributed by atoms with E-state index < -0.39 is 11.7 Å². The summed E-state index contributed by atoms with van der Waals surface area (Å²) in [4.78, 5) is 21.7. The van der Waals surface area contributed by atoms with Crippen molar-refractivity contribution < 1.29 is 14.0 Å². The summed E-state index contributed by atoms with van der Waals surface area (Å²) in [5.41, 5.74) is 0.385. The predicted molar refractivity (Wildman–Crippen MR) is 60.1 cm³/mol. The summed E-state index contributed by atoms with van der Waals surface area (Å²) in [5, 5.41) is 4.75. The lowest BCUT2D eigenvalue weighted by Crippen LogP contribution is -2.13. The highest BCUT2D eigenvalue weighted by atomic mass is 35.5. The molecule has 0 heterocycles. The maximum atomic E-state index is 13.2. The number of amides is 2. The van der Waals surface area contributed by atoms with E-state index in [1.165, 1.54) is 19.1 Å². The van der Waals surface area contributed by atoms with Crippen molar-refractivity contribution in [2.24, 2.45) is 0 Å². The van der Waals surface area contributed by atoms with Crippen LogP contribution in [0.15, 0.2) is 18.2 Å². The molecule has 0 bridgehead atoms. The first kappa shape index (κ1) is 12.4. The lowest BCUT2D eigenvalue weighted by atomic mass is 10.2. The molecule has 1 rings (SSSR count). The first-order valence-electron chi connectivity index (χ1n) is 4.46. The second-order valence-corrected chi connectivity index (χ2v) is 3.32. The smallest absolute Gasteiger partial charge is 0.239 e. The van der Waals surface area contributed by atoms with Crippen LogP contribution in [0, 0.1) is 5.82 Å². The third kappa shape index (κ3) is 3.51. The molecule has 0 aromatic heterocycles. The molecule has 16 heavy (non-hydrogen) atoms. The third-order valence-electron chi connectivity index (χ3n) is 1.68. The van der Waals surface area contributed by atoms with Gasteiger partial charge in [0.05, 0.1) is 5.69 Å². The monoisotopic (exact) mass is 244 g/mol. The molecule has 6 heteroatoms. The van der Waals surface area contributed by atoms with E-state index in [1.54, 1.807) is 0 Å². The van der Waals surface area contributed by atoms with E-state index in [4.69, 9.17) is 11.6 Å². The Morgan fingerprint density at radius 2 is 2.06 bits per heavy atom. The van der Waals surface area contributed by atoms with Crippen LogP contribution in [0.3, 0.4) is 0 Å². The molecule has 0 aliphatic carbocycles. The third-order valence-corrected chi connectivity index (χ3v) is 1.92. The van der Waals surface area contributed by atoms with Gasteiger partial charge in [-0.2, -0.15) is 0 Å². The number of carbonyl (C=O) groups is 2. The molecule has 2 N–H and O–H groups in total. The van der Waals surface area contributed by atoms with E-state index in [0.717, 1.165) is 6.07 Å². The highest BCUT2D eigenvalue weighted by Gasteiger charge is 2.06. The van der Waals surface area contributed by atoms with Crippen molar-refractivity contribution in [3.8, 4) is 0 Å². The molecule has 0 atom stereocenters. The lowest BCUT2D eigenvalue weighted by Gasteiger charge is -2.07. The summed E-state index contributed by atoms with van der Waals surface area (Å²) in [6, 6.07) is 3.85. The fourth-order valence-electron chi connectivity index (χ4n) is 1.08. The second-order valence-electron chi connectivity index (χ2n) is 3.06. The van der Waals surface area contributed by atoms with Gasteiger partial charge in [-0.15, -0.1) is 11.6 Å². The first-order chi connectivity index (χ1) is 7.52. The zero-order chi connectivity index (χ0) is 12.1. The summed E-state index contributed by atoms with van der Waals surface area (Å²) in [6.07, 6.45) is 0. The van der Waals surface area contributed by atoms with E-state index >= 15 is 0 Å². The topological polar surface area (TPSA) is 58.2 Å². The molecular weight excluding hydrogens is 235 g/mol. The van der Waals surface area contributed by atoms with E-state index in [1.807, 2.05) is 0 Å². The summed E-state index contributed by atoms with van der Waals surface area (Å²) in [6.45, 7) is 1.27. The van der Waals surface area contributed by atoms with Crippen molar-refractivity contribution in [1.29, 1.82) is 0 Å². The maximum absolute atomic E-state index is 13.2. The minimum absolute atomic E-state index is 0.0138. The van der Waals surface area contributed by atoms with Crippen molar-refractivity contribution in [3.63, 3.8) is 0 Å². The highest BCUT2D eigenvalue weighted by molar-refractivity contribution is 6.29. The van der Waals surface area contributed by atoms with Crippen LogP contribution in [-0.4, -0.2) is 17.7 Å². The Morgan fingerprint density at radius 1 is 1.38 bits per heavy atom. The van der Waals surface area contributed by atoms with Gasteiger partial charge in [-0.25, -0.2) is 4.39 Å². The summed E-state index contributed by atoms with van der Waals surface area (Å²) < 4.78 is 13.2. The van der Waals surface area contributed by atoms with Gasteiger partial charge < -0.3 is 10.6 Å². The molecule has 4 nitrogen and oxygen atoms in total. The number of hydrogen-bond acceptors (Lipinski definition) is 2. The van der Waals surface area contributed by atoms with Crippen molar-refractivity contribution >= 4 is 34.8 Å². The molecule has 0 unspecified atom stereocenters. The van der Waals surface area contributed by atoms with Gasteiger partial charge in [0.1, 0.15) is 11.7 Å². The highest BCUT2D eigenvalue weighted by Crippen LogP contribution is 2.19. The van der Waals surface area contributed by atoms with E-state index in [9.17, 15) is 14.0 Å². The largest absolute Gasteiger partial charge is 0.325 e. The molecule has 1 aromatic carbocycles. The van der Waals surface area contributed by atoms with Gasteiger partial charge in [-0.3, -0.25) is 9.59 Å². The van der Waals surface area contributed by atoms with Crippen molar-refractivity contribution in [2.45, 2.75) is 6.92 Å². The molecular formula is C10H10ClFN2O2.